The lowest BCUT2D eigenvalue weighted by atomic mass is 10.1. The van der Waals surface area contributed by atoms with Crippen molar-refractivity contribution in [1.82, 2.24) is 5.32 Å². The molecule has 0 amide bonds. The highest BCUT2D eigenvalue weighted by Gasteiger charge is 2.22. The number of rotatable bonds is 8. The van der Waals surface area contributed by atoms with E-state index in [9.17, 15) is 4.79 Å². The molecule has 0 radical (unpaired) electrons. The Kier molecular flexibility index (Phi) is 7.82. The predicted octanol–water partition coefficient (Wildman–Crippen LogP) is 0.942. The van der Waals surface area contributed by atoms with Crippen LogP contribution in [0.2, 0.25) is 0 Å². The molecule has 15 heavy (non-hydrogen) atoms. The number of thioether (sulfide) groups is 1. The monoisotopic (exact) mass is 235 g/mol. The van der Waals surface area contributed by atoms with E-state index < -0.39 is 12.0 Å². The summed E-state index contributed by atoms with van der Waals surface area (Å²) in [5.41, 5.74) is 0. The van der Waals surface area contributed by atoms with Gasteiger partial charge in [0, 0.05) is 11.3 Å². The summed E-state index contributed by atoms with van der Waals surface area (Å²) in [7, 11) is 0. The number of carboxylic acids is 1. The zero-order valence-electron chi connectivity index (χ0n) is 9.56. The van der Waals surface area contributed by atoms with Gasteiger partial charge >= 0.3 is 5.97 Å². The van der Waals surface area contributed by atoms with Gasteiger partial charge in [0.1, 0.15) is 6.04 Å². The van der Waals surface area contributed by atoms with E-state index in [2.05, 4.69) is 5.32 Å². The van der Waals surface area contributed by atoms with Gasteiger partial charge in [-0.05, 0) is 19.6 Å². The summed E-state index contributed by atoms with van der Waals surface area (Å²) < 4.78 is 0. The largest absolute Gasteiger partial charge is 0.480 e. The number of carboxylic acid groups (broad SMARTS) is 1. The Bertz CT molecular complexity index is 186. The van der Waals surface area contributed by atoms with E-state index in [1.54, 1.807) is 11.8 Å². The molecule has 0 aromatic rings. The van der Waals surface area contributed by atoms with Crippen LogP contribution >= 0.6 is 11.8 Å². The summed E-state index contributed by atoms with van der Waals surface area (Å²) in [6, 6.07) is -0.510. The molecule has 0 rings (SSSR count). The van der Waals surface area contributed by atoms with Gasteiger partial charge in [-0.2, -0.15) is 11.8 Å². The van der Waals surface area contributed by atoms with Gasteiger partial charge in [0.05, 0.1) is 6.61 Å². The molecule has 3 atom stereocenters. The molecule has 0 aliphatic rings. The standard InChI is InChI=1S/C10H21NO3S/c1-4-5-8(10(13)14)11-7(2)9(6-12)15-3/h7-9,11-12H,4-6H2,1-3H3,(H,13,14). The van der Waals surface area contributed by atoms with Crippen LogP contribution < -0.4 is 5.32 Å². The van der Waals surface area contributed by atoms with Gasteiger partial charge in [0.2, 0.25) is 0 Å². The summed E-state index contributed by atoms with van der Waals surface area (Å²) in [6.07, 6.45) is 3.36. The summed E-state index contributed by atoms with van der Waals surface area (Å²) in [5.74, 6) is -0.818. The Hall–Kier alpha value is -0.260. The Morgan fingerprint density at radius 1 is 1.53 bits per heavy atom. The Morgan fingerprint density at radius 2 is 2.13 bits per heavy atom. The van der Waals surface area contributed by atoms with Crippen molar-refractivity contribution in [2.75, 3.05) is 12.9 Å². The molecule has 0 aromatic heterocycles. The van der Waals surface area contributed by atoms with Gasteiger partial charge in [-0.25, -0.2) is 0 Å². The molecule has 0 spiro atoms. The first-order valence-electron chi connectivity index (χ1n) is 5.19. The van der Waals surface area contributed by atoms with Gasteiger partial charge in [0.15, 0.2) is 0 Å². The summed E-state index contributed by atoms with van der Waals surface area (Å²) in [4.78, 5) is 10.9. The average Bonchev–Trinajstić information content (AvgIpc) is 2.18. The third kappa shape index (κ3) is 5.39. The SMILES string of the molecule is CCCC(NC(C)C(CO)SC)C(=O)O. The molecule has 4 nitrogen and oxygen atoms in total. The van der Waals surface area contributed by atoms with Crippen molar-refractivity contribution < 1.29 is 15.0 Å². The van der Waals surface area contributed by atoms with Crippen molar-refractivity contribution in [2.24, 2.45) is 0 Å². The van der Waals surface area contributed by atoms with E-state index in [0.29, 0.717) is 6.42 Å². The number of aliphatic carboxylic acids is 1. The maximum atomic E-state index is 10.9. The van der Waals surface area contributed by atoms with E-state index >= 15 is 0 Å². The third-order valence-corrected chi connectivity index (χ3v) is 3.54. The van der Waals surface area contributed by atoms with Crippen LogP contribution in [0.3, 0.4) is 0 Å². The number of hydrogen-bond acceptors (Lipinski definition) is 4. The smallest absolute Gasteiger partial charge is 0.320 e. The van der Waals surface area contributed by atoms with Crippen molar-refractivity contribution in [3.05, 3.63) is 0 Å². The van der Waals surface area contributed by atoms with Gasteiger partial charge in [0.25, 0.3) is 0 Å². The van der Waals surface area contributed by atoms with Crippen LogP contribution in [0.5, 0.6) is 0 Å². The Balaban J connectivity index is 4.20. The Labute approximate surface area is 95.4 Å². The summed E-state index contributed by atoms with van der Waals surface area (Å²) in [5, 5.41) is 21.1. The zero-order chi connectivity index (χ0) is 11.8. The first-order chi connectivity index (χ1) is 7.06. The molecule has 0 heterocycles. The van der Waals surface area contributed by atoms with E-state index in [0.717, 1.165) is 6.42 Å². The van der Waals surface area contributed by atoms with Gasteiger partial charge in [-0.3, -0.25) is 4.79 Å². The highest BCUT2D eigenvalue weighted by molar-refractivity contribution is 7.99. The molecule has 0 aliphatic carbocycles. The van der Waals surface area contributed by atoms with Crippen LogP contribution in [0.1, 0.15) is 26.7 Å². The molecule has 0 fully saturated rings. The minimum atomic E-state index is -0.818. The molecule has 0 bridgehead atoms. The first kappa shape index (κ1) is 14.7. The Morgan fingerprint density at radius 3 is 2.47 bits per heavy atom. The third-order valence-electron chi connectivity index (χ3n) is 2.38. The van der Waals surface area contributed by atoms with Crippen molar-refractivity contribution in [1.29, 1.82) is 0 Å². The lowest BCUT2D eigenvalue weighted by molar-refractivity contribution is -0.139. The molecule has 0 saturated carbocycles. The minimum Gasteiger partial charge on any atom is -0.480 e. The first-order valence-corrected chi connectivity index (χ1v) is 6.48. The van der Waals surface area contributed by atoms with Crippen LogP contribution in [-0.2, 0) is 4.79 Å². The topological polar surface area (TPSA) is 69.6 Å². The van der Waals surface area contributed by atoms with Crippen molar-refractivity contribution >= 4 is 17.7 Å². The van der Waals surface area contributed by atoms with Gasteiger partial charge in [-0.1, -0.05) is 13.3 Å². The summed E-state index contributed by atoms with van der Waals surface area (Å²) >= 11 is 1.54. The minimum absolute atomic E-state index is 0.00218. The molecule has 0 aromatic carbocycles. The van der Waals surface area contributed by atoms with Crippen molar-refractivity contribution in [2.45, 2.75) is 44.0 Å². The van der Waals surface area contributed by atoms with E-state index in [1.807, 2.05) is 20.1 Å². The predicted molar refractivity (Wildman–Crippen MR) is 63.3 cm³/mol. The molecule has 0 saturated heterocycles. The molecule has 90 valence electrons. The zero-order valence-corrected chi connectivity index (χ0v) is 10.4. The second-order valence-electron chi connectivity index (χ2n) is 3.59. The summed E-state index contributed by atoms with van der Waals surface area (Å²) in [6.45, 7) is 3.93. The van der Waals surface area contributed by atoms with Gasteiger partial charge in [-0.15, -0.1) is 0 Å². The molecule has 3 N–H and O–H groups in total. The fourth-order valence-electron chi connectivity index (χ4n) is 1.43. The van der Waals surface area contributed by atoms with Gasteiger partial charge < -0.3 is 15.5 Å². The highest BCUT2D eigenvalue weighted by Crippen LogP contribution is 2.11. The fourth-order valence-corrected chi connectivity index (χ4v) is 2.06. The fraction of sp³-hybridized carbons (Fsp3) is 0.900. The maximum Gasteiger partial charge on any atom is 0.320 e. The molecule has 5 heteroatoms. The van der Waals surface area contributed by atoms with E-state index in [-0.39, 0.29) is 17.9 Å². The normalized spacial score (nSPS) is 17.1. The van der Waals surface area contributed by atoms with Crippen LogP contribution in [0.25, 0.3) is 0 Å². The number of aliphatic hydroxyl groups excluding tert-OH is 1. The highest BCUT2D eigenvalue weighted by atomic mass is 32.2. The van der Waals surface area contributed by atoms with Crippen molar-refractivity contribution in [3.63, 3.8) is 0 Å². The molecular weight excluding hydrogens is 214 g/mol. The lowest BCUT2D eigenvalue weighted by Crippen LogP contribution is -2.47. The lowest BCUT2D eigenvalue weighted by Gasteiger charge is -2.25. The number of aliphatic hydroxyl groups is 1. The molecule has 3 unspecified atom stereocenters. The number of carbonyl (C=O) groups is 1. The second-order valence-corrected chi connectivity index (χ2v) is 4.67. The van der Waals surface area contributed by atoms with Crippen LogP contribution in [0, 0.1) is 0 Å². The molecular formula is C10H21NO3S. The van der Waals surface area contributed by atoms with Crippen LogP contribution in [0.4, 0.5) is 0 Å². The number of nitrogens with one attached hydrogen (secondary N) is 1. The number of hydrogen-bond donors (Lipinski definition) is 3. The average molecular weight is 235 g/mol. The van der Waals surface area contributed by atoms with E-state index in [1.165, 1.54) is 0 Å². The van der Waals surface area contributed by atoms with Crippen LogP contribution in [-0.4, -0.2) is 46.4 Å². The second kappa shape index (κ2) is 7.96. The molecule has 0 aliphatic heterocycles. The van der Waals surface area contributed by atoms with Crippen LogP contribution in [0.15, 0.2) is 0 Å². The van der Waals surface area contributed by atoms with E-state index in [4.69, 9.17) is 10.2 Å². The quantitative estimate of drug-likeness (QED) is 0.584. The maximum absolute atomic E-state index is 10.9. The van der Waals surface area contributed by atoms with Crippen molar-refractivity contribution in [3.8, 4) is 0 Å².